The highest BCUT2D eigenvalue weighted by Crippen LogP contribution is 2.35. The van der Waals surface area contributed by atoms with Gasteiger partial charge in [0.15, 0.2) is 0 Å². The smallest absolute Gasteiger partial charge is 0.279 e. The molecule has 1 saturated heterocycles. The van der Waals surface area contributed by atoms with Crippen LogP contribution >= 0.6 is 11.8 Å². The molecule has 1 aliphatic heterocycles. The van der Waals surface area contributed by atoms with Gasteiger partial charge in [-0.2, -0.15) is 0 Å². The molecule has 5 heteroatoms. The molecule has 3 aliphatic rings. The van der Waals surface area contributed by atoms with Crippen LogP contribution < -0.4 is 5.32 Å². The molecule has 0 aromatic heterocycles. The van der Waals surface area contributed by atoms with Crippen molar-refractivity contribution >= 4 is 22.9 Å². The molecule has 3 fully saturated rings. The van der Waals surface area contributed by atoms with Gasteiger partial charge < -0.3 is 10.2 Å². The molecule has 26 heavy (non-hydrogen) atoms. The number of nitrogens with zero attached hydrogens (tertiary/aromatic N) is 1. The third-order valence-corrected chi connectivity index (χ3v) is 7.38. The number of amides is 2. The monoisotopic (exact) mass is 380 g/mol. The van der Waals surface area contributed by atoms with E-state index in [1.54, 1.807) is 0 Å². The van der Waals surface area contributed by atoms with Crippen molar-refractivity contribution in [2.24, 2.45) is 5.92 Å². The second-order valence-corrected chi connectivity index (χ2v) is 9.48. The maximum atomic E-state index is 12.7. The van der Waals surface area contributed by atoms with Crippen LogP contribution in [0.1, 0.15) is 89.9 Å². The summed E-state index contributed by atoms with van der Waals surface area (Å²) in [4.78, 5) is 27.0. The van der Waals surface area contributed by atoms with Crippen molar-refractivity contribution in [2.45, 2.75) is 102 Å². The Morgan fingerprint density at radius 3 is 2.38 bits per heavy atom. The zero-order chi connectivity index (χ0) is 18.2. The summed E-state index contributed by atoms with van der Waals surface area (Å²) in [7, 11) is 0. The van der Waals surface area contributed by atoms with Crippen LogP contribution in [0.2, 0.25) is 0 Å². The summed E-state index contributed by atoms with van der Waals surface area (Å²) in [5.74, 6) is 1.83. The molecule has 1 N–H and O–H groups in total. The van der Waals surface area contributed by atoms with Crippen molar-refractivity contribution in [1.82, 2.24) is 10.2 Å². The predicted octanol–water partition coefficient (Wildman–Crippen LogP) is 5.11. The minimum atomic E-state index is 0.106. The molecule has 4 nitrogen and oxygen atoms in total. The average Bonchev–Trinajstić information content (AvgIpc) is 2.93. The maximum absolute atomic E-state index is 12.7. The van der Waals surface area contributed by atoms with Crippen LogP contribution in [-0.4, -0.2) is 40.4 Å². The Morgan fingerprint density at radius 2 is 1.58 bits per heavy atom. The first-order valence-electron chi connectivity index (χ1n) is 11.0. The second-order valence-electron chi connectivity index (χ2n) is 8.41. The normalized spacial score (nSPS) is 27.5. The van der Waals surface area contributed by atoms with Gasteiger partial charge in [0.05, 0.1) is 0 Å². The quantitative estimate of drug-likeness (QED) is 0.532. The summed E-state index contributed by atoms with van der Waals surface area (Å²) in [6.45, 7) is 0.954. The van der Waals surface area contributed by atoms with Gasteiger partial charge in [-0.05, 0) is 50.9 Å². The largest absolute Gasteiger partial charge is 0.344 e. The number of carbonyl (C=O) groups is 2. The molecule has 2 atom stereocenters. The third-order valence-electron chi connectivity index (χ3n) is 6.51. The van der Waals surface area contributed by atoms with Crippen molar-refractivity contribution in [1.29, 1.82) is 0 Å². The van der Waals surface area contributed by atoms with Crippen LogP contribution in [0.3, 0.4) is 0 Å². The lowest BCUT2D eigenvalue weighted by Gasteiger charge is -2.44. The fraction of sp³-hybridized carbons (Fsp3) is 0.905. The number of hydrogen-bond acceptors (Lipinski definition) is 3. The lowest BCUT2D eigenvalue weighted by molar-refractivity contribution is -0.137. The van der Waals surface area contributed by atoms with Gasteiger partial charge in [0.2, 0.25) is 5.91 Å². The number of carbonyl (C=O) groups excluding carboxylic acids is 2. The number of nitrogens with one attached hydrogen (secondary N) is 1. The standard InChI is InChI=1S/C21H36N2O2S/c24-20(23-15-7-10-17-9-5-6-13-19(17)23)14-8-16-26-21(25)22-18-11-3-1-2-4-12-18/h17-19H,1-16H2,(H,22,25). The first-order valence-corrected chi connectivity index (χ1v) is 12.0. The number of piperidine rings is 1. The van der Waals surface area contributed by atoms with E-state index in [9.17, 15) is 9.59 Å². The molecule has 2 amide bonds. The van der Waals surface area contributed by atoms with Crippen molar-refractivity contribution in [2.75, 3.05) is 12.3 Å². The van der Waals surface area contributed by atoms with E-state index in [0.29, 0.717) is 24.4 Å². The van der Waals surface area contributed by atoms with E-state index in [4.69, 9.17) is 0 Å². The Morgan fingerprint density at radius 1 is 0.885 bits per heavy atom. The van der Waals surface area contributed by atoms with Gasteiger partial charge in [0.1, 0.15) is 0 Å². The molecule has 0 aromatic rings. The maximum Gasteiger partial charge on any atom is 0.279 e. The minimum absolute atomic E-state index is 0.106. The number of rotatable bonds is 5. The van der Waals surface area contributed by atoms with E-state index in [0.717, 1.165) is 37.5 Å². The van der Waals surface area contributed by atoms with E-state index in [2.05, 4.69) is 10.2 Å². The van der Waals surface area contributed by atoms with E-state index >= 15 is 0 Å². The van der Waals surface area contributed by atoms with Crippen LogP contribution in [0.25, 0.3) is 0 Å². The molecule has 2 aliphatic carbocycles. The molecule has 2 unspecified atom stereocenters. The summed E-state index contributed by atoms with van der Waals surface area (Å²) >= 11 is 1.37. The molecule has 3 rings (SSSR count). The lowest BCUT2D eigenvalue weighted by atomic mass is 9.78. The average molecular weight is 381 g/mol. The Balaban J connectivity index is 1.32. The van der Waals surface area contributed by atoms with Crippen molar-refractivity contribution in [3.63, 3.8) is 0 Å². The summed E-state index contributed by atoms with van der Waals surface area (Å²) in [6, 6.07) is 0.881. The fourth-order valence-corrected chi connectivity index (χ4v) is 5.82. The van der Waals surface area contributed by atoms with Crippen LogP contribution in [0.15, 0.2) is 0 Å². The zero-order valence-corrected chi connectivity index (χ0v) is 17.0. The van der Waals surface area contributed by atoms with Crippen molar-refractivity contribution in [3.05, 3.63) is 0 Å². The predicted molar refractivity (Wildman–Crippen MR) is 108 cm³/mol. The molecule has 148 valence electrons. The zero-order valence-electron chi connectivity index (χ0n) is 16.2. The van der Waals surface area contributed by atoms with Crippen LogP contribution in [0, 0.1) is 5.92 Å². The highest BCUT2D eigenvalue weighted by atomic mass is 32.2. The second kappa shape index (κ2) is 10.6. The Kier molecular flexibility index (Phi) is 8.15. The highest BCUT2D eigenvalue weighted by molar-refractivity contribution is 8.13. The Bertz CT molecular complexity index is 461. The topological polar surface area (TPSA) is 49.4 Å². The third kappa shape index (κ3) is 5.90. The van der Waals surface area contributed by atoms with E-state index in [1.807, 2.05) is 0 Å². The van der Waals surface area contributed by atoms with Gasteiger partial charge >= 0.3 is 0 Å². The highest BCUT2D eigenvalue weighted by Gasteiger charge is 2.35. The number of hydrogen-bond donors (Lipinski definition) is 1. The first-order chi connectivity index (χ1) is 12.7. The SMILES string of the molecule is O=C(NC1CCCCCC1)SCCCC(=O)N1CCCC2CCCCC21. The van der Waals surface area contributed by atoms with Crippen LogP contribution in [0.4, 0.5) is 4.79 Å². The summed E-state index contributed by atoms with van der Waals surface area (Å²) in [6.07, 6.45) is 16.4. The lowest BCUT2D eigenvalue weighted by Crippen LogP contribution is -2.49. The fourth-order valence-electron chi connectivity index (χ4n) is 5.10. The van der Waals surface area contributed by atoms with Gasteiger partial charge in [0, 0.05) is 30.8 Å². The summed E-state index contributed by atoms with van der Waals surface area (Å²) < 4.78 is 0. The van der Waals surface area contributed by atoms with E-state index in [1.165, 1.54) is 76.0 Å². The minimum Gasteiger partial charge on any atom is -0.344 e. The van der Waals surface area contributed by atoms with Gasteiger partial charge in [-0.3, -0.25) is 9.59 Å². The Labute approximate surface area is 163 Å². The number of likely N-dealkylation sites (tertiary alicyclic amines) is 1. The van der Waals surface area contributed by atoms with Gasteiger partial charge in [-0.15, -0.1) is 0 Å². The van der Waals surface area contributed by atoms with Gasteiger partial charge in [-0.1, -0.05) is 50.3 Å². The molecule has 1 heterocycles. The molecule has 0 radical (unpaired) electrons. The molecular weight excluding hydrogens is 344 g/mol. The van der Waals surface area contributed by atoms with E-state index < -0.39 is 0 Å². The Hall–Kier alpha value is -0.710. The van der Waals surface area contributed by atoms with Crippen molar-refractivity contribution in [3.8, 4) is 0 Å². The molecule has 2 saturated carbocycles. The van der Waals surface area contributed by atoms with Crippen LogP contribution in [0.5, 0.6) is 0 Å². The molecule has 0 spiro atoms. The first kappa shape index (κ1) is 20.0. The summed E-state index contributed by atoms with van der Waals surface area (Å²) in [5.41, 5.74) is 0. The molecule has 0 bridgehead atoms. The van der Waals surface area contributed by atoms with Gasteiger partial charge in [-0.25, -0.2) is 0 Å². The van der Waals surface area contributed by atoms with Crippen molar-refractivity contribution < 1.29 is 9.59 Å². The van der Waals surface area contributed by atoms with E-state index in [-0.39, 0.29) is 5.24 Å². The molecular formula is C21H36N2O2S. The van der Waals surface area contributed by atoms with Gasteiger partial charge in [0.25, 0.3) is 5.24 Å². The summed E-state index contributed by atoms with van der Waals surface area (Å²) in [5, 5.41) is 3.28. The molecule has 0 aromatic carbocycles. The number of thioether (sulfide) groups is 1. The van der Waals surface area contributed by atoms with Crippen LogP contribution in [-0.2, 0) is 4.79 Å². The number of fused-ring (bicyclic) bond motifs is 1.